The van der Waals surface area contributed by atoms with Gasteiger partial charge in [0.1, 0.15) is 5.75 Å². The Morgan fingerprint density at radius 2 is 2.06 bits per heavy atom. The predicted octanol–water partition coefficient (Wildman–Crippen LogP) is 2.74. The topological polar surface area (TPSA) is 52.8 Å². The van der Waals surface area contributed by atoms with Gasteiger partial charge in [0.15, 0.2) is 0 Å². The number of benzene rings is 1. The molecule has 0 heterocycles. The van der Waals surface area contributed by atoms with E-state index in [0.29, 0.717) is 12.1 Å². The van der Waals surface area contributed by atoms with Crippen LogP contribution in [0.3, 0.4) is 0 Å². The van der Waals surface area contributed by atoms with Gasteiger partial charge in [-0.3, -0.25) is 4.99 Å². The molecular weight excluding hydrogens is 314 g/mol. The molecule has 0 radical (unpaired) electrons. The second kappa shape index (κ2) is 11.0. The normalized spacial score (nSPS) is 9.65. The summed E-state index contributed by atoms with van der Waals surface area (Å²) < 4.78 is 0. The van der Waals surface area contributed by atoms with Crippen LogP contribution in [0.25, 0.3) is 0 Å². The average molecular weight is 330 g/mol. The molecule has 0 unspecified atom stereocenters. The number of halogens is 2. The van der Waals surface area contributed by atoms with Gasteiger partial charge in [-0.2, -0.15) is 0 Å². The first kappa shape index (κ1) is 16.9. The third-order valence-electron chi connectivity index (χ3n) is 1.96. The number of aliphatic imine (C=N–C) groups is 1. The zero-order valence-electron chi connectivity index (χ0n) is 9.74. The van der Waals surface area contributed by atoms with Crippen LogP contribution in [0.5, 0.6) is 5.75 Å². The minimum atomic E-state index is -0.931. The average Bonchev–Trinajstić information content (AvgIpc) is 2.33. The van der Waals surface area contributed by atoms with Gasteiger partial charge in [-0.1, -0.05) is 13.0 Å². The van der Waals surface area contributed by atoms with Crippen molar-refractivity contribution in [2.75, 3.05) is 13.2 Å². The Morgan fingerprint density at radius 3 is 2.59 bits per heavy atom. The van der Waals surface area contributed by atoms with E-state index in [1.54, 1.807) is 12.3 Å². The molecule has 0 spiro atoms. The number of aliphatic hydroxyl groups is 1. The van der Waals surface area contributed by atoms with Crippen molar-refractivity contribution in [3.8, 4) is 5.75 Å². The third-order valence-corrected chi connectivity index (χ3v) is 1.96. The molecule has 0 atom stereocenters. The standard InChI is InChI=1S/C11H15NO2.2ClH.Zn/c1-2-9-3-4-11(14)10(7-9)8-12-5-6-13;;;/h3-4,7-8,13-14H,2,5-6H2,1H3;2*1H;/q;;;+2/p-2. The fourth-order valence-electron chi connectivity index (χ4n) is 1.15. The quantitative estimate of drug-likeness (QED) is 0.659. The summed E-state index contributed by atoms with van der Waals surface area (Å²) in [6.45, 7) is 2.46. The van der Waals surface area contributed by atoms with E-state index in [-0.39, 0.29) is 12.4 Å². The second-order valence-electron chi connectivity index (χ2n) is 3.11. The fraction of sp³-hybridized carbons (Fsp3) is 0.364. The molecule has 0 aliphatic carbocycles. The monoisotopic (exact) mass is 327 g/mol. The number of phenols is 1. The maximum atomic E-state index is 9.48. The Hall–Kier alpha value is -0.147. The number of aryl methyl sites for hydroxylation is 1. The van der Waals surface area contributed by atoms with E-state index in [1.807, 2.05) is 12.1 Å². The van der Waals surface area contributed by atoms with Crippen LogP contribution in [-0.4, -0.2) is 29.6 Å². The number of nitrogens with zero attached hydrogens (tertiary/aromatic N) is 1. The summed E-state index contributed by atoms with van der Waals surface area (Å²) in [5.74, 6) is 0.226. The molecule has 2 N–H and O–H groups in total. The van der Waals surface area contributed by atoms with Gasteiger partial charge in [0.2, 0.25) is 0 Å². The van der Waals surface area contributed by atoms with Crippen molar-refractivity contribution in [1.82, 2.24) is 0 Å². The fourth-order valence-corrected chi connectivity index (χ4v) is 1.15. The predicted molar refractivity (Wildman–Crippen MR) is 68.7 cm³/mol. The third kappa shape index (κ3) is 7.72. The first-order chi connectivity index (χ1) is 8.19. The van der Waals surface area contributed by atoms with Gasteiger partial charge in [0, 0.05) is 11.8 Å². The van der Waals surface area contributed by atoms with Gasteiger partial charge >= 0.3 is 34.5 Å². The van der Waals surface area contributed by atoms with Crippen LogP contribution in [0.2, 0.25) is 0 Å². The molecule has 0 amide bonds. The number of hydrogen-bond acceptors (Lipinski definition) is 3. The van der Waals surface area contributed by atoms with Crippen LogP contribution in [-0.2, 0) is 21.6 Å². The van der Waals surface area contributed by atoms with Gasteiger partial charge in [-0.05, 0) is 24.1 Å². The number of phenolic OH excluding ortho intramolecular Hbond substituents is 1. The molecule has 0 saturated heterocycles. The van der Waals surface area contributed by atoms with Crippen molar-refractivity contribution in [3.63, 3.8) is 0 Å². The van der Waals surface area contributed by atoms with Crippen molar-refractivity contribution >= 4 is 25.6 Å². The van der Waals surface area contributed by atoms with Crippen molar-refractivity contribution in [1.29, 1.82) is 0 Å². The van der Waals surface area contributed by atoms with E-state index in [1.165, 1.54) is 0 Å². The summed E-state index contributed by atoms with van der Waals surface area (Å²) in [5, 5.41) is 18.0. The zero-order chi connectivity index (χ0) is 13.1. The summed E-state index contributed by atoms with van der Waals surface area (Å²) >= 11 is -0.931. The molecule has 3 nitrogen and oxygen atoms in total. The first-order valence-corrected chi connectivity index (χ1v) is 13.0. The molecule has 92 valence electrons. The Bertz CT molecular complexity index is 348. The molecule has 0 bridgehead atoms. The second-order valence-corrected chi connectivity index (χ2v) is 7.73. The minimum absolute atomic E-state index is 0.0325. The van der Waals surface area contributed by atoms with Crippen LogP contribution in [0.1, 0.15) is 18.1 Å². The maximum absolute atomic E-state index is 9.48. The number of aromatic hydroxyl groups is 1. The van der Waals surface area contributed by atoms with Crippen LogP contribution in [0.15, 0.2) is 23.2 Å². The van der Waals surface area contributed by atoms with Crippen LogP contribution in [0, 0.1) is 0 Å². The molecule has 17 heavy (non-hydrogen) atoms. The molecule has 6 heteroatoms. The zero-order valence-corrected chi connectivity index (χ0v) is 14.2. The molecule has 0 aromatic heterocycles. The summed E-state index contributed by atoms with van der Waals surface area (Å²) in [6.07, 6.45) is 2.52. The summed E-state index contributed by atoms with van der Waals surface area (Å²) in [6, 6.07) is 5.45. The Kier molecular flexibility index (Phi) is 10.9. The van der Waals surface area contributed by atoms with E-state index in [4.69, 9.17) is 24.5 Å². The molecule has 1 aromatic carbocycles. The van der Waals surface area contributed by atoms with E-state index in [2.05, 4.69) is 11.9 Å². The summed E-state index contributed by atoms with van der Waals surface area (Å²) in [5.41, 5.74) is 1.87. The Morgan fingerprint density at radius 1 is 1.41 bits per heavy atom. The SMILES string of the molecule is CCc1ccc(O)c(C=NCCO)c1.[Cl][Zn][Cl]. The van der Waals surface area contributed by atoms with Crippen LogP contribution < -0.4 is 0 Å². The van der Waals surface area contributed by atoms with Gasteiger partial charge in [-0.25, -0.2) is 0 Å². The summed E-state index contributed by atoms with van der Waals surface area (Å²) in [4.78, 5) is 3.96. The summed E-state index contributed by atoms with van der Waals surface area (Å²) in [7, 11) is 9.90. The van der Waals surface area contributed by atoms with Gasteiger partial charge in [-0.15, -0.1) is 0 Å². The molecule has 0 aliphatic rings. The molecule has 1 aromatic rings. The number of rotatable bonds is 4. The number of aliphatic hydroxyl groups excluding tert-OH is 1. The van der Waals surface area contributed by atoms with E-state index >= 15 is 0 Å². The van der Waals surface area contributed by atoms with E-state index in [9.17, 15) is 5.11 Å². The Balaban J connectivity index is 0.000000770. The van der Waals surface area contributed by atoms with Crippen molar-refractivity contribution in [3.05, 3.63) is 29.3 Å². The van der Waals surface area contributed by atoms with Crippen LogP contribution in [0.4, 0.5) is 0 Å². The van der Waals surface area contributed by atoms with E-state index < -0.39 is 15.1 Å². The van der Waals surface area contributed by atoms with Crippen molar-refractivity contribution < 1.29 is 25.4 Å². The number of hydrogen-bond donors (Lipinski definition) is 2. The van der Waals surface area contributed by atoms with Crippen molar-refractivity contribution in [2.24, 2.45) is 4.99 Å². The molecule has 1 rings (SSSR count). The van der Waals surface area contributed by atoms with Gasteiger partial charge < -0.3 is 10.2 Å². The van der Waals surface area contributed by atoms with Crippen molar-refractivity contribution in [2.45, 2.75) is 13.3 Å². The first-order valence-electron chi connectivity index (χ1n) is 5.24. The van der Waals surface area contributed by atoms with Gasteiger partial charge in [0.05, 0.1) is 13.2 Å². The molecule has 0 fully saturated rings. The Labute approximate surface area is 117 Å². The van der Waals surface area contributed by atoms with Gasteiger partial charge in [0.25, 0.3) is 0 Å². The molecule has 0 aliphatic heterocycles. The van der Waals surface area contributed by atoms with E-state index in [0.717, 1.165) is 12.0 Å². The van der Waals surface area contributed by atoms with Crippen LogP contribution >= 0.6 is 19.4 Å². The molecular formula is C11H15Cl2NO2Zn. The molecule has 0 saturated carbocycles.